The summed E-state index contributed by atoms with van der Waals surface area (Å²) in [6, 6.07) is 22.3. The summed E-state index contributed by atoms with van der Waals surface area (Å²) in [4.78, 5) is 0. The Morgan fingerprint density at radius 1 is 0.650 bits per heavy atom. The van der Waals surface area contributed by atoms with Gasteiger partial charge in [-0.15, -0.1) is 0 Å². The van der Waals surface area contributed by atoms with Crippen molar-refractivity contribution >= 4 is 18.5 Å². The molecule has 0 unspecified atom stereocenters. The summed E-state index contributed by atoms with van der Waals surface area (Å²) in [5.74, 6) is 0. The minimum absolute atomic E-state index is 0. The van der Waals surface area contributed by atoms with Crippen molar-refractivity contribution in [3.05, 3.63) is 60.7 Å². The fraction of sp³-hybridized carbons (Fsp3) is 0.333. The van der Waals surface area contributed by atoms with Gasteiger partial charge in [0.1, 0.15) is 0 Å². The first-order valence-electron chi connectivity index (χ1n) is 7.34. The molecule has 0 saturated heterocycles. The Kier molecular flexibility index (Phi) is 6.44. The van der Waals surface area contributed by atoms with Crippen LogP contribution in [-0.4, -0.2) is 5.66 Å². The van der Waals surface area contributed by atoms with Crippen molar-refractivity contribution in [3.8, 4) is 0 Å². The molecule has 1 aliphatic carbocycles. The van der Waals surface area contributed by atoms with E-state index in [9.17, 15) is 0 Å². The van der Waals surface area contributed by atoms with Gasteiger partial charge in [-0.25, -0.2) is 0 Å². The van der Waals surface area contributed by atoms with Crippen molar-refractivity contribution in [1.29, 1.82) is 0 Å². The number of hydrogen-bond acceptors (Lipinski definition) is 0. The molecule has 0 nitrogen and oxygen atoms in total. The molecule has 1 aliphatic rings. The molecule has 108 valence electrons. The van der Waals surface area contributed by atoms with Crippen molar-refractivity contribution in [1.82, 2.24) is 0 Å². The third-order valence-electron chi connectivity index (χ3n) is 4.01. The standard InChI is InChI=1S/C18H21P.Pd/c1-4-10-16(11-5-1)19(17-12-6-2-7-13-17)18-14-8-3-9-15-18;/h1-2,4-7,10-13,18H,3,8-9,14-15H2;. The van der Waals surface area contributed by atoms with Gasteiger partial charge < -0.3 is 0 Å². The summed E-state index contributed by atoms with van der Waals surface area (Å²) in [5.41, 5.74) is 0.883. The molecule has 0 heterocycles. The summed E-state index contributed by atoms with van der Waals surface area (Å²) in [5, 5.41) is 3.10. The molecule has 20 heavy (non-hydrogen) atoms. The second-order valence-electron chi connectivity index (χ2n) is 5.33. The van der Waals surface area contributed by atoms with Crippen LogP contribution in [0.1, 0.15) is 32.1 Å². The number of rotatable bonds is 3. The molecule has 2 aromatic carbocycles. The van der Waals surface area contributed by atoms with E-state index in [-0.39, 0.29) is 28.3 Å². The van der Waals surface area contributed by atoms with Crippen molar-refractivity contribution in [2.24, 2.45) is 0 Å². The molecule has 2 aromatic rings. The maximum Gasteiger partial charge on any atom is 0 e. The molecule has 0 aromatic heterocycles. The predicted molar refractivity (Wildman–Crippen MR) is 85.9 cm³/mol. The minimum Gasteiger partial charge on any atom is -0.0622 e. The summed E-state index contributed by atoms with van der Waals surface area (Å²) in [6.07, 6.45) is 7.10. The molecule has 0 amide bonds. The maximum atomic E-state index is 2.33. The van der Waals surface area contributed by atoms with Gasteiger partial charge >= 0.3 is 0 Å². The van der Waals surface area contributed by atoms with Crippen LogP contribution in [0.15, 0.2) is 60.7 Å². The van der Waals surface area contributed by atoms with Crippen LogP contribution in [0.5, 0.6) is 0 Å². The van der Waals surface area contributed by atoms with Crippen LogP contribution in [0, 0.1) is 0 Å². The first kappa shape index (κ1) is 15.9. The van der Waals surface area contributed by atoms with E-state index in [2.05, 4.69) is 60.7 Å². The van der Waals surface area contributed by atoms with Gasteiger partial charge in [-0.3, -0.25) is 0 Å². The van der Waals surface area contributed by atoms with Crippen molar-refractivity contribution in [2.45, 2.75) is 37.8 Å². The van der Waals surface area contributed by atoms with Crippen LogP contribution >= 0.6 is 7.92 Å². The summed E-state index contributed by atoms with van der Waals surface area (Å²) < 4.78 is 0. The Morgan fingerprint density at radius 3 is 1.55 bits per heavy atom. The van der Waals surface area contributed by atoms with Gasteiger partial charge in [-0.1, -0.05) is 79.9 Å². The van der Waals surface area contributed by atoms with Gasteiger partial charge in [0.2, 0.25) is 0 Å². The molecule has 2 heteroatoms. The smallest absolute Gasteiger partial charge is 0 e. The van der Waals surface area contributed by atoms with Crippen LogP contribution in [0.2, 0.25) is 0 Å². The average molecular weight is 375 g/mol. The SMILES string of the molecule is [Pd].c1ccc(P(c2ccccc2)C2CCCCC2)cc1. The zero-order chi connectivity index (χ0) is 12.9. The fourth-order valence-electron chi connectivity index (χ4n) is 3.09. The molecule has 3 rings (SSSR count). The van der Waals surface area contributed by atoms with Crippen LogP contribution < -0.4 is 10.6 Å². The van der Waals surface area contributed by atoms with E-state index in [1.54, 1.807) is 10.6 Å². The van der Waals surface area contributed by atoms with E-state index in [0.29, 0.717) is 0 Å². The summed E-state index contributed by atoms with van der Waals surface area (Å²) in [7, 11) is -0.169. The first-order chi connectivity index (χ1) is 9.45. The summed E-state index contributed by atoms with van der Waals surface area (Å²) in [6.45, 7) is 0. The van der Waals surface area contributed by atoms with Gasteiger partial charge in [0.25, 0.3) is 0 Å². The van der Waals surface area contributed by atoms with Crippen molar-refractivity contribution in [3.63, 3.8) is 0 Å². The minimum atomic E-state index is -0.169. The Morgan fingerprint density at radius 2 is 1.10 bits per heavy atom. The zero-order valence-electron chi connectivity index (χ0n) is 11.6. The number of benzene rings is 2. The van der Waals surface area contributed by atoms with Gasteiger partial charge in [-0.2, -0.15) is 0 Å². The zero-order valence-corrected chi connectivity index (χ0v) is 14.1. The fourth-order valence-corrected chi connectivity index (χ4v) is 6.10. The van der Waals surface area contributed by atoms with E-state index in [1.165, 1.54) is 32.1 Å². The average Bonchev–Trinajstić information content (AvgIpc) is 2.51. The normalized spacial score (nSPS) is 15.8. The van der Waals surface area contributed by atoms with Gasteiger partial charge in [0.05, 0.1) is 0 Å². The third-order valence-corrected chi connectivity index (χ3v) is 6.96. The predicted octanol–water partition coefficient (Wildman–Crippen LogP) is 4.45. The van der Waals surface area contributed by atoms with Crippen molar-refractivity contribution < 1.29 is 20.4 Å². The van der Waals surface area contributed by atoms with E-state index in [1.807, 2.05) is 0 Å². The maximum absolute atomic E-state index is 2.33. The van der Waals surface area contributed by atoms with Gasteiger partial charge in [-0.05, 0) is 37.0 Å². The van der Waals surface area contributed by atoms with Crippen LogP contribution in [0.3, 0.4) is 0 Å². The van der Waals surface area contributed by atoms with Crippen molar-refractivity contribution in [2.75, 3.05) is 0 Å². The van der Waals surface area contributed by atoms with Crippen LogP contribution in [0.25, 0.3) is 0 Å². The molecule has 0 aliphatic heterocycles. The van der Waals surface area contributed by atoms with E-state index >= 15 is 0 Å². The second-order valence-corrected chi connectivity index (χ2v) is 7.84. The number of hydrogen-bond donors (Lipinski definition) is 0. The molecule has 0 bridgehead atoms. The van der Waals surface area contributed by atoms with E-state index in [0.717, 1.165) is 5.66 Å². The topological polar surface area (TPSA) is 0 Å². The largest absolute Gasteiger partial charge is 0.0622 e. The van der Waals surface area contributed by atoms with Gasteiger partial charge in [0, 0.05) is 20.4 Å². The first-order valence-corrected chi connectivity index (χ1v) is 8.75. The molecule has 0 N–H and O–H groups in total. The quantitative estimate of drug-likeness (QED) is 0.550. The molecule has 0 spiro atoms. The van der Waals surface area contributed by atoms with E-state index < -0.39 is 0 Å². The third kappa shape index (κ3) is 3.80. The molecule has 1 saturated carbocycles. The molecule has 0 radical (unpaired) electrons. The van der Waals surface area contributed by atoms with Gasteiger partial charge in [0.15, 0.2) is 0 Å². The van der Waals surface area contributed by atoms with E-state index in [4.69, 9.17) is 0 Å². The second kappa shape index (κ2) is 8.09. The Hall–Kier alpha value is -0.468. The Labute approximate surface area is 137 Å². The monoisotopic (exact) mass is 374 g/mol. The van der Waals surface area contributed by atoms with Crippen LogP contribution in [0.4, 0.5) is 0 Å². The van der Waals surface area contributed by atoms with Crippen LogP contribution in [-0.2, 0) is 20.4 Å². The molecule has 1 fully saturated rings. The molecule has 0 atom stereocenters. The Balaban J connectivity index is 0.00000147. The Bertz CT molecular complexity index is 452. The molecular formula is C18H21PPd. The molecular weight excluding hydrogens is 354 g/mol. The summed E-state index contributed by atoms with van der Waals surface area (Å²) >= 11 is 0.